The van der Waals surface area contributed by atoms with Crippen molar-refractivity contribution in [1.29, 1.82) is 0 Å². The Kier molecular flexibility index (Phi) is 4.54. The number of sulfonamides is 1. The van der Waals surface area contributed by atoms with Crippen molar-refractivity contribution in [3.63, 3.8) is 0 Å². The normalized spacial score (nSPS) is 12.3. The van der Waals surface area contributed by atoms with Crippen LogP contribution in [0.3, 0.4) is 0 Å². The van der Waals surface area contributed by atoms with Gasteiger partial charge in [-0.3, -0.25) is 4.79 Å². The highest BCUT2D eigenvalue weighted by Gasteiger charge is 2.31. The van der Waals surface area contributed by atoms with Crippen LogP contribution >= 0.6 is 0 Å². The molecule has 0 heterocycles. The van der Waals surface area contributed by atoms with Gasteiger partial charge in [-0.15, -0.1) is 0 Å². The fourth-order valence-corrected chi connectivity index (χ4v) is 3.91. The molecule has 3 rings (SSSR count). The summed E-state index contributed by atoms with van der Waals surface area (Å²) in [5.74, 6) is -2.16. The summed E-state index contributed by atoms with van der Waals surface area (Å²) in [4.78, 5) is 22.3. The summed E-state index contributed by atoms with van der Waals surface area (Å²) in [5, 5.41) is 9.70. The zero-order valence-electron chi connectivity index (χ0n) is 14.2. The first-order chi connectivity index (χ1) is 12.9. The van der Waals surface area contributed by atoms with Crippen LogP contribution in [-0.2, 0) is 21.0 Å². The number of carbonyl (C=O) groups is 2. The third kappa shape index (κ3) is 3.50. The second kappa shape index (κ2) is 6.48. The Labute approximate surface area is 156 Å². The Morgan fingerprint density at radius 2 is 1.64 bits per heavy atom. The maximum atomic E-state index is 13.1. The quantitative estimate of drug-likeness (QED) is 0.642. The molecule has 0 atom stereocenters. The Morgan fingerprint density at radius 1 is 0.964 bits per heavy atom. The molecule has 0 spiro atoms. The molecular formula is C18H12F3NO5S. The molecule has 3 aromatic carbocycles. The van der Waals surface area contributed by atoms with Crippen LogP contribution < -0.4 is 4.72 Å². The van der Waals surface area contributed by atoms with Crippen molar-refractivity contribution < 1.29 is 36.3 Å². The van der Waals surface area contributed by atoms with Gasteiger partial charge in [0.25, 0.3) is 10.0 Å². The number of fused-ring (bicyclic) bond motifs is 3. The largest absolute Gasteiger partial charge is 0.478 e. The lowest BCUT2D eigenvalue weighted by Crippen LogP contribution is -2.28. The van der Waals surface area contributed by atoms with Gasteiger partial charge in [-0.1, -0.05) is 12.1 Å². The van der Waals surface area contributed by atoms with Gasteiger partial charge in [0.05, 0.1) is 16.0 Å². The maximum Gasteiger partial charge on any atom is 0.416 e. The lowest BCUT2D eigenvalue weighted by molar-refractivity contribution is -0.137. The first-order valence-corrected chi connectivity index (χ1v) is 9.23. The van der Waals surface area contributed by atoms with Gasteiger partial charge in [-0.05, 0) is 51.9 Å². The van der Waals surface area contributed by atoms with Crippen molar-refractivity contribution in [3.05, 3.63) is 53.6 Å². The number of amides is 1. The van der Waals surface area contributed by atoms with E-state index in [4.69, 9.17) is 0 Å². The van der Waals surface area contributed by atoms with Gasteiger partial charge in [-0.25, -0.2) is 17.9 Å². The molecule has 6 nitrogen and oxygen atoms in total. The number of carboxylic acids is 1. The molecule has 1 amide bonds. The van der Waals surface area contributed by atoms with Gasteiger partial charge in [0, 0.05) is 6.92 Å². The van der Waals surface area contributed by atoms with Gasteiger partial charge < -0.3 is 5.11 Å². The molecule has 0 bridgehead atoms. The molecule has 2 N–H and O–H groups in total. The fraction of sp³-hybridized carbons (Fsp3) is 0.111. The monoisotopic (exact) mass is 411 g/mol. The van der Waals surface area contributed by atoms with Crippen LogP contribution in [0.25, 0.3) is 21.5 Å². The summed E-state index contributed by atoms with van der Waals surface area (Å²) in [6.45, 7) is 1.00. The number of nitrogens with one attached hydrogen (secondary N) is 1. The van der Waals surface area contributed by atoms with E-state index in [1.165, 1.54) is 12.1 Å². The van der Waals surface area contributed by atoms with E-state index in [1.54, 1.807) is 4.72 Å². The predicted octanol–water partition coefficient (Wildman–Crippen LogP) is 3.53. The van der Waals surface area contributed by atoms with Gasteiger partial charge in [0.2, 0.25) is 5.91 Å². The van der Waals surface area contributed by atoms with E-state index in [-0.39, 0.29) is 32.0 Å². The number of halogens is 3. The van der Waals surface area contributed by atoms with Gasteiger partial charge in [0.15, 0.2) is 0 Å². The standard InChI is InChI=1S/C18H12F3NO5S/c1-9(23)22-28(26,27)12-4-2-10-6-16(17(24)25)13-5-3-11(18(19,20)21)7-15(13)14(10)8-12/h2-8H,1H3,(H,22,23)(H,24,25). The first-order valence-electron chi connectivity index (χ1n) is 7.74. The molecule has 0 unspecified atom stereocenters. The van der Waals surface area contributed by atoms with Crippen LogP contribution in [0.15, 0.2) is 47.4 Å². The van der Waals surface area contributed by atoms with E-state index in [9.17, 15) is 36.3 Å². The molecule has 146 valence electrons. The molecule has 0 radical (unpaired) electrons. The average molecular weight is 411 g/mol. The number of benzene rings is 3. The smallest absolute Gasteiger partial charge is 0.416 e. The van der Waals surface area contributed by atoms with Gasteiger partial charge >= 0.3 is 12.1 Å². The molecule has 0 saturated heterocycles. The minimum absolute atomic E-state index is 0.0297. The molecule has 3 aromatic rings. The molecule has 0 aliphatic heterocycles. The Morgan fingerprint density at radius 3 is 2.21 bits per heavy atom. The Bertz CT molecular complexity index is 1250. The summed E-state index contributed by atoms with van der Waals surface area (Å²) in [5.41, 5.74) is -1.22. The third-order valence-electron chi connectivity index (χ3n) is 4.07. The first kappa shape index (κ1) is 19.6. The van der Waals surface area contributed by atoms with Crippen molar-refractivity contribution >= 4 is 43.4 Å². The molecule has 0 aromatic heterocycles. The SMILES string of the molecule is CC(=O)NS(=O)(=O)c1ccc2cc(C(=O)O)c3ccc(C(F)(F)F)cc3c2c1. The van der Waals surface area contributed by atoms with Crippen molar-refractivity contribution in [2.24, 2.45) is 0 Å². The molecule has 10 heteroatoms. The van der Waals surface area contributed by atoms with Crippen LogP contribution in [0.1, 0.15) is 22.8 Å². The molecule has 0 aliphatic rings. The number of hydrogen-bond donors (Lipinski definition) is 2. The van der Waals surface area contributed by atoms with E-state index < -0.39 is 33.6 Å². The summed E-state index contributed by atoms with van der Waals surface area (Å²) in [6.07, 6.45) is -4.67. The second-order valence-corrected chi connectivity index (χ2v) is 7.71. The van der Waals surface area contributed by atoms with Crippen molar-refractivity contribution in [1.82, 2.24) is 4.72 Å². The Balaban J connectivity index is 2.41. The average Bonchev–Trinajstić information content (AvgIpc) is 2.58. The highest BCUT2D eigenvalue weighted by atomic mass is 32.2. The van der Waals surface area contributed by atoms with Crippen molar-refractivity contribution in [2.45, 2.75) is 18.0 Å². The van der Waals surface area contributed by atoms with Crippen LogP contribution in [-0.4, -0.2) is 25.4 Å². The number of carboxylic acid groups (broad SMARTS) is 1. The molecular weight excluding hydrogens is 399 g/mol. The lowest BCUT2D eigenvalue weighted by Gasteiger charge is -2.13. The zero-order valence-corrected chi connectivity index (χ0v) is 15.0. The molecule has 0 aliphatic carbocycles. The predicted molar refractivity (Wildman–Crippen MR) is 94.4 cm³/mol. The van der Waals surface area contributed by atoms with Crippen LogP contribution in [0.5, 0.6) is 0 Å². The fourth-order valence-electron chi connectivity index (χ4n) is 2.90. The van der Waals surface area contributed by atoms with Gasteiger partial charge in [-0.2, -0.15) is 13.2 Å². The minimum atomic E-state index is -4.67. The highest BCUT2D eigenvalue weighted by molar-refractivity contribution is 7.90. The minimum Gasteiger partial charge on any atom is -0.478 e. The number of rotatable bonds is 3. The summed E-state index contributed by atoms with van der Waals surface area (Å²) < 4.78 is 65.6. The number of carbonyl (C=O) groups excluding carboxylic acids is 1. The molecule has 0 saturated carbocycles. The van der Waals surface area contributed by atoms with Crippen molar-refractivity contribution in [3.8, 4) is 0 Å². The summed E-state index contributed by atoms with van der Waals surface area (Å²) in [6, 6.07) is 7.35. The van der Waals surface area contributed by atoms with Gasteiger partial charge in [0.1, 0.15) is 0 Å². The number of hydrogen-bond acceptors (Lipinski definition) is 4. The third-order valence-corrected chi connectivity index (χ3v) is 5.50. The number of aromatic carboxylic acids is 1. The van der Waals surface area contributed by atoms with Crippen LogP contribution in [0.2, 0.25) is 0 Å². The summed E-state index contributed by atoms with van der Waals surface area (Å²) >= 11 is 0. The van der Waals surface area contributed by atoms with E-state index >= 15 is 0 Å². The summed E-state index contributed by atoms with van der Waals surface area (Å²) in [7, 11) is -4.22. The van der Waals surface area contributed by atoms with Crippen LogP contribution in [0.4, 0.5) is 13.2 Å². The number of alkyl halides is 3. The second-order valence-electron chi connectivity index (χ2n) is 6.03. The van der Waals surface area contributed by atoms with E-state index in [0.29, 0.717) is 0 Å². The Hall–Kier alpha value is -3.14. The van der Waals surface area contributed by atoms with E-state index in [2.05, 4.69) is 0 Å². The van der Waals surface area contributed by atoms with Crippen LogP contribution in [0, 0.1) is 0 Å². The highest BCUT2D eigenvalue weighted by Crippen LogP contribution is 2.36. The topological polar surface area (TPSA) is 101 Å². The lowest BCUT2D eigenvalue weighted by atomic mass is 9.95. The maximum absolute atomic E-state index is 13.1. The molecule has 0 fully saturated rings. The molecule has 28 heavy (non-hydrogen) atoms. The van der Waals surface area contributed by atoms with Crippen molar-refractivity contribution in [2.75, 3.05) is 0 Å². The van der Waals surface area contributed by atoms with E-state index in [1.807, 2.05) is 0 Å². The zero-order chi connectivity index (χ0) is 20.9. The van der Waals surface area contributed by atoms with E-state index in [0.717, 1.165) is 37.3 Å².